The van der Waals surface area contributed by atoms with E-state index in [1.54, 1.807) is 0 Å². The molecule has 1 saturated heterocycles. The minimum absolute atomic E-state index is 0.186. The van der Waals surface area contributed by atoms with Crippen molar-refractivity contribution in [2.75, 3.05) is 20.3 Å². The third-order valence-electron chi connectivity index (χ3n) is 4.88. The lowest BCUT2D eigenvalue weighted by Crippen LogP contribution is -2.67. The third kappa shape index (κ3) is 2.27. The molecule has 4 heteroatoms. The average Bonchev–Trinajstić information content (AvgIpc) is 2.23. The molecule has 2 fully saturated rings. The summed E-state index contributed by atoms with van der Waals surface area (Å²) in [6.07, 6.45) is 4.35. The highest BCUT2D eigenvalue weighted by atomic mass is 16.5. The number of nitrogens with two attached hydrogens (primary N) is 1. The number of nitrogens with zero attached hydrogens (tertiary/aromatic N) is 1. The van der Waals surface area contributed by atoms with Crippen LogP contribution in [0.5, 0.6) is 0 Å². The quantitative estimate of drug-likeness (QED) is 0.746. The van der Waals surface area contributed by atoms with Crippen LogP contribution in [0.15, 0.2) is 0 Å². The molecule has 0 aromatic carbocycles. The first kappa shape index (κ1) is 13.4. The van der Waals surface area contributed by atoms with Gasteiger partial charge < -0.3 is 10.5 Å². The van der Waals surface area contributed by atoms with Gasteiger partial charge >= 0.3 is 0 Å². The summed E-state index contributed by atoms with van der Waals surface area (Å²) in [5.74, 6) is 0.388. The van der Waals surface area contributed by atoms with Gasteiger partial charge in [-0.05, 0) is 38.2 Å². The minimum atomic E-state index is -0.493. The van der Waals surface area contributed by atoms with Crippen molar-refractivity contribution in [2.45, 2.75) is 56.5 Å². The van der Waals surface area contributed by atoms with Gasteiger partial charge in [0, 0.05) is 6.04 Å². The Morgan fingerprint density at radius 2 is 2.12 bits per heavy atom. The van der Waals surface area contributed by atoms with Crippen molar-refractivity contribution >= 4 is 7.85 Å². The van der Waals surface area contributed by atoms with Gasteiger partial charge in [0.2, 0.25) is 0 Å². The second-order valence-electron chi connectivity index (χ2n) is 6.19. The van der Waals surface area contributed by atoms with Gasteiger partial charge in [0.15, 0.2) is 0 Å². The highest BCUT2D eigenvalue weighted by Gasteiger charge is 2.46. The van der Waals surface area contributed by atoms with E-state index in [0.717, 1.165) is 32.5 Å². The zero-order valence-corrected chi connectivity index (χ0v) is 11.4. The molecule has 2 aliphatic rings. The number of ether oxygens (including phenoxy) is 1. The Kier molecular flexibility index (Phi) is 3.59. The van der Waals surface area contributed by atoms with Crippen LogP contribution in [-0.2, 0) is 4.74 Å². The van der Waals surface area contributed by atoms with Gasteiger partial charge in [0.1, 0.15) is 0 Å². The molecule has 1 saturated carbocycles. The Labute approximate surface area is 106 Å². The second-order valence-corrected chi connectivity index (χ2v) is 6.19. The van der Waals surface area contributed by atoms with E-state index < -0.39 is 5.44 Å². The van der Waals surface area contributed by atoms with Gasteiger partial charge in [-0.15, -0.1) is 0 Å². The van der Waals surface area contributed by atoms with Crippen molar-refractivity contribution in [2.24, 2.45) is 11.7 Å². The first-order valence-corrected chi connectivity index (χ1v) is 6.79. The lowest BCUT2D eigenvalue weighted by Gasteiger charge is -2.55. The van der Waals surface area contributed by atoms with E-state index in [1.807, 2.05) is 0 Å². The molecule has 2 N–H and O–H groups in total. The van der Waals surface area contributed by atoms with Crippen LogP contribution in [0.3, 0.4) is 0 Å². The van der Waals surface area contributed by atoms with Gasteiger partial charge in [0.05, 0.1) is 26.6 Å². The fourth-order valence-electron chi connectivity index (χ4n) is 3.48. The van der Waals surface area contributed by atoms with Gasteiger partial charge in [-0.1, -0.05) is 19.8 Å². The molecule has 3 unspecified atom stereocenters. The van der Waals surface area contributed by atoms with Crippen LogP contribution in [0, 0.1) is 5.92 Å². The molecule has 3 nitrogen and oxygen atoms in total. The first-order chi connectivity index (χ1) is 7.91. The van der Waals surface area contributed by atoms with Gasteiger partial charge in [-0.2, -0.15) is 0 Å². The van der Waals surface area contributed by atoms with Gasteiger partial charge in [0.25, 0.3) is 0 Å². The molecule has 0 aromatic heterocycles. The summed E-state index contributed by atoms with van der Waals surface area (Å²) in [5, 5.41) is 0. The van der Waals surface area contributed by atoms with Crippen LogP contribution in [0.1, 0.15) is 39.5 Å². The predicted octanol–water partition coefficient (Wildman–Crippen LogP) is 1.11. The Hall–Kier alpha value is -0.0551. The molecule has 1 aliphatic carbocycles. The Balaban J connectivity index is 2.12. The lowest BCUT2D eigenvalue weighted by atomic mass is 9.58. The van der Waals surface area contributed by atoms with Crippen molar-refractivity contribution in [1.82, 2.24) is 4.90 Å². The van der Waals surface area contributed by atoms with Crippen LogP contribution in [0.2, 0.25) is 0 Å². The number of hydrogen-bond donors (Lipinski definition) is 1. The summed E-state index contributed by atoms with van der Waals surface area (Å²) in [4.78, 5) is 2.47. The van der Waals surface area contributed by atoms with Crippen LogP contribution < -0.4 is 5.73 Å². The molecule has 2 rings (SSSR count). The predicted molar refractivity (Wildman–Crippen MR) is 71.1 cm³/mol. The number of rotatable bonds is 3. The largest absolute Gasteiger partial charge is 0.377 e. The average molecular weight is 236 g/mol. The topological polar surface area (TPSA) is 38.5 Å². The van der Waals surface area contributed by atoms with Crippen molar-refractivity contribution in [3.63, 3.8) is 0 Å². The summed E-state index contributed by atoms with van der Waals surface area (Å²) in [5.41, 5.74) is 5.98. The molecule has 3 atom stereocenters. The molecule has 1 heterocycles. The summed E-state index contributed by atoms with van der Waals surface area (Å²) >= 11 is 0. The van der Waals surface area contributed by atoms with Gasteiger partial charge in [-0.3, -0.25) is 4.90 Å². The van der Waals surface area contributed by atoms with E-state index in [-0.39, 0.29) is 5.54 Å². The molecule has 2 radical (unpaired) electrons. The SMILES string of the molecule is [B]C1(N)CCCC(N(C)C2(C)COC2)C1CC. The zero-order chi connectivity index (χ0) is 12.7. The van der Waals surface area contributed by atoms with Crippen molar-refractivity contribution in [3.8, 4) is 0 Å². The molecule has 96 valence electrons. The Bertz CT molecular complexity index is 279. The molecule has 0 amide bonds. The van der Waals surface area contributed by atoms with E-state index in [9.17, 15) is 0 Å². The minimum Gasteiger partial charge on any atom is -0.377 e. The Morgan fingerprint density at radius 3 is 2.59 bits per heavy atom. The normalized spacial score (nSPS) is 41.2. The maximum absolute atomic E-state index is 6.28. The standard InChI is InChI=1S/C13H25BN2O/c1-4-10-11(6-5-7-13(10,14)15)16(3)12(2)8-17-9-12/h10-11H,4-9,15H2,1-3H3. The van der Waals surface area contributed by atoms with E-state index in [4.69, 9.17) is 18.3 Å². The summed E-state index contributed by atoms with van der Waals surface area (Å²) in [6, 6.07) is 0.498. The van der Waals surface area contributed by atoms with E-state index >= 15 is 0 Å². The zero-order valence-electron chi connectivity index (χ0n) is 11.4. The highest BCUT2D eigenvalue weighted by Crippen LogP contribution is 2.38. The highest BCUT2D eigenvalue weighted by molar-refractivity contribution is 6.15. The smallest absolute Gasteiger partial charge is 0.0954 e. The van der Waals surface area contributed by atoms with E-state index in [0.29, 0.717) is 12.0 Å². The summed E-state index contributed by atoms with van der Waals surface area (Å²) in [6.45, 7) is 6.13. The molecule has 0 spiro atoms. The molecule has 1 aliphatic heterocycles. The fraction of sp³-hybridized carbons (Fsp3) is 1.00. The van der Waals surface area contributed by atoms with Crippen molar-refractivity contribution < 1.29 is 4.74 Å². The van der Waals surface area contributed by atoms with Crippen molar-refractivity contribution in [1.29, 1.82) is 0 Å². The number of likely N-dealkylation sites (N-methyl/N-ethyl adjacent to an activating group) is 1. The van der Waals surface area contributed by atoms with Crippen LogP contribution in [0.4, 0.5) is 0 Å². The summed E-state index contributed by atoms with van der Waals surface area (Å²) in [7, 11) is 8.49. The Morgan fingerprint density at radius 1 is 1.47 bits per heavy atom. The fourth-order valence-corrected chi connectivity index (χ4v) is 3.48. The van der Waals surface area contributed by atoms with Gasteiger partial charge in [-0.25, -0.2) is 0 Å². The number of hydrogen-bond acceptors (Lipinski definition) is 3. The third-order valence-corrected chi connectivity index (χ3v) is 4.88. The van der Waals surface area contributed by atoms with E-state index in [1.165, 1.54) is 6.42 Å². The molecule has 17 heavy (non-hydrogen) atoms. The molecular weight excluding hydrogens is 211 g/mol. The van der Waals surface area contributed by atoms with Crippen LogP contribution in [0.25, 0.3) is 0 Å². The monoisotopic (exact) mass is 236 g/mol. The van der Waals surface area contributed by atoms with Crippen LogP contribution >= 0.6 is 0 Å². The van der Waals surface area contributed by atoms with E-state index in [2.05, 4.69) is 25.8 Å². The van der Waals surface area contributed by atoms with Crippen LogP contribution in [-0.4, -0.2) is 50.0 Å². The maximum atomic E-state index is 6.28. The van der Waals surface area contributed by atoms with Crippen molar-refractivity contribution in [3.05, 3.63) is 0 Å². The summed E-state index contributed by atoms with van der Waals surface area (Å²) < 4.78 is 5.37. The lowest BCUT2D eigenvalue weighted by molar-refractivity contribution is -0.146. The first-order valence-electron chi connectivity index (χ1n) is 6.79. The second kappa shape index (κ2) is 4.56. The molecule has 0 bridgehead atoms. The molecular formula is C13H25BN2O. The maximum Gasteiger partial charge on any atom is 0.0954 e. The molecule has 0 aromatic rings.